The number of hydrogen-bond donors (Lipinski definition) is 1. The lowest BCUT2D eigenvalue weighted by Gasteiger charge is -2.44. The summed E-state index contributed by atoms with van der Waals surface area (Å²) >= 11 is 1.30. The number of hydrogen-bond acceptors (Lipinski definition) is 4. The van der Waals surface area contributed by atoms with Crippen molar-refractivity contribution < 1.29 is 18.0 Å². The number of halogens is 3. The first kappa shape index (κ1) is 16.1. The molecule has 25 heavy (non-hydrogen) atoms. The van der Waals surface area contributed by atoms with Crippen molar-refractivity contribution in [1.82, 2.24) is 4.90 Å². The monoisotopic (exact) mass is 365 g/mol. The van der Waals surface area contributed by atoms with Crippen LogP contribution in [-0.2, 0) is 0 Å². The Morgan fingerprint density at radius 3 is 2.84 bits per heavy atom. The minimum atomic E-state index is -1.54. The Kier molecular flexibility index (Phi) is 3.79. The molecule has 0 aliphatic carbocycles. The molecule has 2 atom stereocenters. The van der Waals surface area contributed by atoms with Gasteiger partial charge in [-0.3, -0.25) is 9.79 Å². The molecule has 0 bridgehead atoms. The van der Waals surface area contributed by atoms with E-state index in [1.165, 1.54) is 22.5 Å². The number of carbonyl (C=O) groups excluding carboxylic acids is 1. The van der Waals surface area contributed by atoms with Crippen LogP contribution in [-0.4, -0.2) is 41.9 Å². The number of nitrogens with zero attached hydrogens (tertiary/aromatic N) is 2. The fraction of sp³-hybridized carbons (Fsp3) is 0.294. The Hall–Kier alpha value is -2.35. The van der Waals surface area contributed by atoms with Crippen LogP contribution in [0, 0.1) is 11.6 Å². The molecule has 1 amide bonds. The summed E-state index contributed by atoms with van der Waals surface area (Å²) in [4.78, 5) is 18.5. The third kappa shape index (κ3) is 2.60. The standard InChI is InChI=1S/C17H14F3N3OS/c18-11-3-4-12(19)15-10(11)8-21-17(22-15)5-6-23(9-14(17)20)16(24)13-2-1-7-25-13/h1-4,7-8,14,22H,5-6,9H2/t14-,17-/m0/s1. The summed E-state index contributed by atoms with van der Waals surface area (Å²) in [6.45, 7) is 0.112. The van der Waals surface area contributed by atoms with E-state index >= 15 is 0 Å². The molecule has 0 radical (unpaired) electrons. The average Bonchev–Trinajstić information content (AvgIpc) is 3.15. The van der Waals surface area contributed by atoms with Crippen molar-refractivity contribution in [2.24, 2.45) is 4.99 Å². The van der Waals surface area contributed by atoms with Crippen LogP contribution in [0.5, 0.6) is 0 Å². The van der Waals surface area contributed by atoms with Crippen molar-refractivity contribution in [3.8, 4) is 0 Å². The van der Waals surface area contributed by atoms with Gasteiger partial charge >= 0.3 is 0 Å². The Labute approximate surface area is 146 Å². The zero-order valence-electron chi connectivity index (χ0n) is 13.0. The molecule has 1 spiro atoms. The number of aliphatic imine (C=N–C) groups is 1. The number of thiophene rings is 1. The van der Waals surface area contributed by atoms with Crippen LogP contribution < -0.4 is 5.32 Å². The van der Waals surface area contributed by atoms with E-state index in [0.29, 0.717) is 4.88 Å². The van der Waals surface area contributed by atoms with E-state index in [1.807, 2.05) is 0 Å². The van der Waals surface area contributed by atoms with Crippen LogP contribution in [0.15, 0.2) is 34.6 Å². The van der Waals surface area contributed by atoms with Gasteiger partial charge in [0.05, 0.1) is 22.7 Å². The third-order valence-corrected chi connectivity index (χ3v) is 5.45. The predicted octanol–water partition coefficient (Wildman–Crippen LogP) is 3.45. The first-order valence-corrected chi connectivity index (χ1v) is 8.66. The molecule has 1 saturated heterocycles. The van der Waals surface area contributed by atoms with Crippen molar-refractivity contribution in [2.45, 2.75) is 18.3 Å². The second kappa shape index (κ2) is 5.87. The van der Waals surface area contributed by atoms with E-state index < -0.39 is 23.5 Å². The van der Waals surface area contributed by atoms with Gasteiger partial charge < -0.3 is 10.2 Å². The highest BCUT2D eigenvalue weighted by atomic mass is 32.1. The zero-order chi connectivity index (χ0) is 17.6. The van der Waals surface area contributed by atoms with Crippen molar-refractivity contribution in [2.75, 3.05) is 18.4 Å². The number of fused-ring (bicyclic) bond motifs is 1. The topological polar surface area (TPSA) is 44.7 Å². The van der Waals surface area contributed by atoms with Crippen LogP contribution in [0.1, 0.15) is 21.7 Å². The van der Waals surface area contributed by atoms with E-state index in [-0.39, 0.29) is 36.7 Å². The summed E-state index contributed by atoms with van der Waals surface area (Å²) in [6, 6.07) is 5.46. The lowest BCUT2D eigenvalue weighted by atomic mass is 9.92. The SMILES string of the molecule is O=C(c1cccs1)N1CC[C@@]2(N=Cc3c(F)ccc(F)c3N2)[C@@H](F)C1. The first-order valence-electron chi connectivity index (χ1n) is 7.78. The smallest absolute Gasteiger partial charge is 0.264 e. The van der Waals surface area contributed by atoms with Gasteiger partial charge in [0.1, 0.15) is 11.6 Å². The molecule has 1 aromatic heterocycles. The molecule has 4 rings (SSSR count). The first-order chi connectivity index (χ1) is 12.0. The molecule has 1 fully saturated rings. The van der Waals surface area contributed by atoms with Gasteiger partial charge in [0.25, 0.3) is 5.91 Å². The van der Waals surface area contributed by atoms with E-state index in [2.05, 4.69) is 10.3 Å². The van der Waals surface area contributed by atoms with E-state index in [4.69, 9.17) is 0 Å². The average molecular weight is 365 g/mol. The van der Waals surface area contributed by atoms with Gasteiger partial charge in [-0.1, -0.05) is 6.07 Å². The van der Waals surface area contributed by atoms with E-state index in [1.54, 1.807) is 17.5 Å². The number of anilines is 1. The lowest BCUT2D eigenvalue weighted by Crippen LogP contribution is -2.58. The van der Waals surface area contributed by atoms with Crippen LogP contribution in [0.3, 0.4) is 0 Å². The Morgan fingerprint density at radius 2 is 2.12 bits per heavy atom. The molecular weight excluding hydrogens is 351 g/mol. The summed E-state index contributed by atoms with van der Waals surface area (Å²) in [5.41, 5.74) is -1.49. The Bertz CT molecular complexity index is 855. The van der Waals surface area contributed by atoms with Crippen molar-refractivity contribution in [3.63, 3.8) is 0 Å². The molecule has 2 aromatic rings. The molecule has 2 aliphatic heterocycles. The minimum absolute atomic E-state index is 0.0186. The fourth-order valence-electron chi connectivity index (χ4n) is 3.17. The number of nitrogens with one attached hydrogen (secondary N) is 1. The molecule has 8 heteroatoms. The number of amides is 1. The molecular formula is C17H14F3N3OS. The number of piperidine rings is 1. The Balaban J connectivity index is 1.58. The number of rotatable bonds is 1. The summed E-state index contributed by atoms with van der Waals surface area (Å²) in [6.07, 6.45) is -0.206. The van der Waals surface area contributed by atoms with Gasteiger partial charge in [-0.15, -0.1) is 11.3 Å². The number of alkyl halides is 1. The normalized spacial score (nSPS) is 24.9. The highest BCUT2D eigenvalue weighted by Gasteiger charge is 2.47. The number of carbonyl (C=O) groups is 1. The lowest BCUT2D eigenvalue weighted by molar-refractivity contribution is 0.0499. The number of likely N-dealkylation sites (tertiary alicyclic amines) is 1. The molecule has 1 aromatic carbocycles. The zero-order valence-corrected chi connectivity index (χ0v) is 13.8. The summed E-state index contributed by atoms with van der Waals surface area (Å²) in [5.74, 6) is -1.51. The van der Waals surface area contributed by atoms with Crippen molar-refractivity contribution in [3.05, 3.63) is 51.7 Å². The van der Waals surface area contributed by atoms with Crippen molar-refractivity contribution in [1.29, 1.82) is 0 Å². The summed E-state index contributed by atoms with van der Waals surface area (Å²) in [7, 11) is 0. The molecule has 0 unspecified atom stereocenters. The summed E-state index contributed by atoms with van der Waals surface area (Å²) in [5, 5.41) is 4.53. The summed E-state index contributed by atoms with van der Waals surface area (Å²) < 4.78 is 42.7. The van der Waals surface area contributed by atoms with Crippen LogP contribution in [0.4, 0.5) is 18.9 Å². The Morgan fingerprint density at radius 1 is 1.32 bits per heavy atom. The maximum Gasteiger partial charge on any atom is 0.264 e. The van der Waals surface area contributed by atoms with Crippen LogP contribution in [0.2, 0.25) is 0 Å². The maximum atomic E-state index is 14.9. The highest BCUT2D eigenvalue weighted by Crippen LogP contribution is 2.37. The minimum Gasteiger partial charge on any atom is -0.356 e. The van der Waals surface area contributed by atoms with E-state index in [9.17, 15) is 18.0 Å². The van der Waals surface area contributed by atoms with Gasteiger partial charge in [-0.25, -0.2) is 13.2 Å². The molecule has 2 aliphatic rings. The van der Waals surface area contributed by atoms with E-state index in [0.717, 1.165) is 12.1 Å². The molecule has 0 saturated carbocycles. The fourth-order valence-corrected chi connectivity index (χ4v) is 3.86. The highest BCUT2D eigenvalue weighted by molar-refractivity contribution is 7.12. The third-order valence-electron chi connectivity index (χ3n) is 4.59. The second-order valence-corrected chi connectivity index (χ2v) is 7.02. The largest absolute Gasteiger partial charge is 0.356 e. The quantitative estimate of drug-likeness (QED) is 0.841. The predicted molar refractivity (Wildman–Crippen MR) is 90.0 cm³/mol. The van der Waals surface area contributed by atoms with Crippen LogP contribution in [0.25, 0.3) is 0 Å². The molecule has 130 valence electrons. The van der Waals surface area contributed by atoms with Gasteiger partial charge in [-0.2, -0.15) is 0 Å². The van der Waals surface area contributed by atoms with Gasteiger partial charge in [0, 0.05) is 19.2 Å². The van der Waals surface area contributed by atoms with Gasteiger partial charge in [0.2, 0.25) is 0 Å². The maximum absolute atomic E-state index is 14.9. The van der Waals surface area contributed by atoms with Crippen LogP contribution >= 0.6 is 11.3 Å². The molecule has 3 heterocycles. The molecule has 4 nitrogen and oxygen atoms in total. The molecule has 1 N–H and O–H groups in total. The second-order valence-electron chi connectivity index (χ2n) is 6.07. The van der Waals surface area contributed by atoms with Gasteiger partial charge in [0.15, 0.2) is 11.8 Å². The number of benzene rings is 1. The van der Waals surface area contributed by atoms with Gasteiger partial charge in [-0.05, 0) is 23.6 Å². The van der Waals surface area contributed by atoms with Crippen molar-refractivity contribution >= 4 is 29.1 Å².